The number of hydrogen-bond acceptors (Lipinski definition) is 4. The van der Waals surface area contributed by atoms with Crippen molar-refractivity contribution in [1.29, 1.82) is 0 Å². The Morgan fingerprint density at radius 2 is 2.05 bits per heavy atom. The van der Waals surface area contributed by atoms with Gasteiger partial charge in [0.1, 0.15) is 5.75 Å². The van der Waals surface area contributed by atoms with E-state index in [2.05, 4.69) is 12.2 Å². The predicted molar refractivity (Wildman–Crippen MR) is 96.1 cm³/mol. The number of rotatable bonds is 10. The summed E-state index contributed by atoms with van der Waals surface area (Å²) in [5, 5.41) is 3.01. The number of halogens is 1. The number of thioether (sulfide) groups is 1. The third-order valence-corrected chi connectivity index (χ3v) is 4.23. The Morgan fingerprint density at radius 3 is 2.59 bits per heavy atom. The van der Waals surface area contributed by atoms with E-state index in [4.69, 9.17) is 10.5 Å². The van der Waals surface area contributed by atoms with Crippen molar-refractivity contribution in [3.8, 4) is 5.75 Å². The molecule has 1 amide bonds. The van der Waals surface area contributed by atoms with Crippen molar-refractivity contribution in [3.63, 3.8) is 0 Å². The first-order chi connectivity index (χ1) is 10.2. The van der Waals surface area contributed by atoms with Crippen LogP contribution in [0.2, 0.25) is 0 Å². The highest BCUT2D eigenvalue weighted by Crippen LogP contribution is 2.21. The van der Waals surface area contributed by atoms with Gasteiger partial charge in [-0.15, -0.1) is 24.2 Å². The molecule has 6 heteroatoms. The molecular formula is C16H27ClN2O2S. The molecular weight excluding hydrogens is 320 g/mol. The van der Waals surface area contributed by atoms with Gasteiger partial charge in [0.25, 0.3) is 0 Å². The van der Waals surface area contributed by atoms with Gasteiger partial charge < -0.3 is 15.8 Å². The van der Waals surface area contributed by atoms with Crippen LogP contribution in [-0.2, 0) is 4.79 Å². The highest BCUT2D eigenvalue weighted by molar-refractivity contribution is 7.99. The Kier molecular flexibility index (Phi) is 12.1. The minimum atomic E-state index is 0. The van der Waals surface area contributed by atoms with Gasteiger partial charge in [-0.25, -0.2) is 0 Å². The van der Waals surface area contributed by atoms with Crippen molar-refractivity contribution in [2.24, 2.45) is 5.73 Å². The highest BCUT2D eigenvalue weighted by atomic mass is 35.5. The zero-order valence-corrected chi connectivity index (χ0v) is 15.0. The van der Waals surface area contributed by atoms with E-state index in [9.17, 15) is 4.79 Å². The molecule has 1 atom stereocenters. The molecule has 3 N–H and O–H groups in total. The Hall–Kier alpha value is -0.910. The van der Waals surface area contributed by atoms with Crippen LogP contribution >= 0.6 is 24.2 Å². The molecule has 0 radical (unpaired) electrons. The zero-order chi connectivity index (χ0) is 15.5. The Morgan fingerprint density at radius 1 is 1.36 bits per heavy atom. The molecule has 0 fully saturated rings. The molecule has 0 aliphatic rings. The van der Waals surface area contributed by atoms with E-state index < -0.39 is 0 Å². The Balaban J connectivity index is 0.00000441. The van der Waals surface area contributed by atoms with Crippen LogP contribution in [0.1, 0.15) is 32.6 Å². The van der Waals surface area contributed by atoms with Crippen molar-refractivity contribution in [1.82, 2.24) is 5.32 Å². The van der Waals surface area contributed by atoms with Crippen LogP contribution in [0.15, 0.2) is 29.2 Å². The minimum absolute atomic E-state index is 0. The Labute approximate surface area is 144 Å². The van der Waals surface area contributed by atoms with E-state index >= 15 is 0 Å². The highest BCUT2D eigenvalue weighted by Gasteiger charge is 2.10. The maximum Gasteiger partial charge on any atom is 0.221 e. The molecule has 1 unspecified atom stereocenters. The number of carbonyl (C=O) groups excluding carboxylic acids is 1. The van der Waals surface area contributed by atoms with Crippen LogP contribution in [0.5, 0.6) is 5.75 Å². The monoisotopic (exact) mass is 346 g/mol. The third kappa shape index (κ3) is 8.51. The fourth-order valence-electron chi connectivity index (χ4n) is 1.93. The molecule has 0 aromatic heterocycles. The van der Waals surface area contributed by atoms with Gasteiger partial charge in [0.05, 0.1) is 7.11 Å². The van der Waals surface area contributed by atoms with Crippen LogP contribution in [0.4, 0.5) is 0 Å². The van der Waals surface area contributed by atoms with Crippen molar-refractivity contribution < 1.29 is 9.53 Å². The summed E-state index contributed by atoms with van der Waals surface area (Å²) in [6.07, 6.45) is 3.70. The van der Waals surface area contributed by atoms with E-state index in [1.54, 1.807) is 18.9 Å². The zero-order valence-electron chi connectivity index (χ0n) is 13.3. The molecule has 0 aliphatic carbocycles. The summed E-state index contributed by atoms with van der Waals surface area (Å²) in [7, 11) is 1.65. The molecule has 0 bridgehead atoms. The van der Waals surface area contributed by atoms with E-state index in [-0.39, 0.29) is 24.4 Å². The van der Waals surface area contributed by atoms with Crippen molar-refractivity contribution in [3.05, 3.63) is 24.3 Å². The number of nitrogens with two attached hydrogens (primary N) is 1. The summed E-state index contributed by atoms with van der Waals surface area (Å²) in [6, 6.07) is 7.98. The van der Waals surface area contributed by atoms with Gasteiger partial charge in [-0.3, -0.25) is 4.79 Å². The van der Waals surface area contributed by atoms with Crippen LogP contribution in [0.25, 0.3) is 0 Å². The molecule has 1 rings (SSSR count). The fourth-order valence-corrected chi connectivity index (χ4v) is 2.78. The first kappa shape index (κ1) is 21.1. The van der Waals surface area contributed by atoms with Crippen LogP contribution in [0.3, 0.4) is 0 Å². The molecule has 0 aliphatic heterocycles. The minimum Gasteiger partial charge on any atom is -0.497 e. The Bertz CT molecular complexity index is 415. The van der Waals surface area contributed by atoms with Crippen LogP contribution in [-0.4, -0.2) is 31.4 Å². The first-order valence-electron chi connectivity index (χ1n) is 7.45. The van der Waals surface area contributed by atoms with Gasteiger partial charge in [0.15, 0.2) is 0 Å². The number of nitrogens with one attached hydrogen (secondary N) is 1. The van der Waals surface area contributed by atoms with Gasteiger partial charge in [-0.2, -0.15) is 0 Å². The number of ether oxygens (including phenoxy) is 1. The van der Waals surface area contributed by atoms with Gasteiger partial charge in [-0.05, 0) is 30.7 Å². The fraction of sp³-hybridized carbons (Fsp3) is 0.562. The van der Waals surface area contributed by atoms with E-state index in [1.165, 1.54) is 0 Å². The molecule has 0 spiro atoms. The summed E-state index contributed by atoms with van der Waals surface area (Å²) in [5.41, 5.74) is 5.68. The lowest BCUT2D eigenvalue weighted by atomic mass is 10.1. The second-order valence-electron chi connectivity index (χ2n) is 4.92. The molecule has 126 valence electrons. The number of unbranched alkanes of at least 4 members (excludes halogenated alkanes) is 1. The number of amides is 1. The maximum absolute atomic E-state index is 11.9. The lowest BCUT2D eigenvalue weighted by Crippen LogP contribution is -2.40. The number of carbonyl (C=O) groups is 1. The van der Waals surface area contributed by atoms with Crippen molar-refractivity contribution >= 4 is 30.1 Å². The van der Waals surface area contributed by atoms with Gasteiger partial charge in [0.2, 0.25) is 5.91 Å². The van der Waals surface area contributed by atoms with Crippen molar-refractivity contribution in [2.75, 3.05) is 19.4 Å². The van der Waals surface area contributed by atoms with Gasteiger partial charge >= 0.3 is 0 Å². The first-order valence-corrected chi connectivity index (χ1v) is 8.44. The maximum atomic E-state index is 11.9. The largest absolute Gasteiger partial charge is 0.497 e. The third-order valence-electron chi connectivity index (χ3n) is 3.21. The standard InChI is InChI=1S/C16H26N2O2S.ClH/c1-3-4-5-13(12-17)18-16(19)10-11-21-15-8-6-14(20-2)7-9-15;/h6-9,13H,3-5,10-12,17H2,1-2H3,(H,18,19);1H. The number of hydrogen-bond donors (Lipinski definition) is 2. The normalized spacial score (nSPS) is 11.4. The lowest BCUT2D eigenvalue weighted by Gasteiger charge is -2.16. The summed E-state index contributed by atoms with van der Waals surface area (Å²) >= 11 is 1.67. The van der Waals surface area contributed by atoms with Crippen LogP contribution < -0.4 is 15.8 Å². The van der Waals surface area contributed by atoms with Gasteiger partial charge in [-0.1, -0.05) is 19.8 Å². The lowest BCUT2D eigenvalue weighted by molar-refractivity contribution is -0.121. The van der Waals surface area contributed by atoms with Crippen molar-refractivity contribution in [2.45, 2.75) is 43.5 Å². The topological polar surface area (TPSA) is 64.3 Å². The number of benzene rings is 1. The smallest absolute Gasteiger partial charge is 0.221 e. The second kappa shape index (κ2) is 12.6. The molecule has 0 heterocycles. The molecule has 4 nitrogen and oxygen atoms in total. The average molecular weight is 347 g/mol. The van der Waals surface area contributed by atoms with E-state index in [0.29, 0.717) is 13.0 Å². The quantitative estimate of drug-likeness (QED) is 0.638. The summed E-state index contributed by atoms with van der Waals surface area (Å²) < 4.78 is 5.11. The van der Waals surface area contributed by atoms with Gasteiger partial charge in [0, 0.05) is 29.7 Å². The van der Waals surface area contributed by atoms with Crippen LogP contribution in [0, 0.1) is 0 Å². The summed E-state index contributed by atoms with van der Waals surface area (Å²) in [6.45, 7) is 2.65. The molecule has 0 saturated heterocycles. The number of methoxy groups -OCH3 is 1. The SMILES string of the molecule is CCCCC(CN)NC(=O)CCSc1ccc(OC)cc1.Cl. The average Bonchev–Trinajstić information content (AvgIpc) is 2.52. The second-order valence-corrected chi connectivity index (χ2v) is 6.08. The summed E-state index contributed by atoms with van der Waals surface area (Å²) in [5.74, 6) is 1.70. The molecule has 1 aromatic rings. The van der Waals surface area contributed by atoms with E-state index in [1.807, 2.05) is 24.3 Å². The molecule has 0 saturated carbocycles. The summed E-state index contributed by atoms with van der Waals surface area (Å²) in [4.78, 5) is 13.0. The molecule has 22 heavy (non-hydrogen) atoms. The molecule has 1 aromatic carbocycles. The van der Waals surface area contributed by atoms with E-state index in [0.717, 1.165) is 35.7 Å². The predicted octanol–water partition coefficient (Wildman–Crippen LogP) is 3.23.